The molecule has 1 saturated heterocycles. The van der Waals surface area contributed by atoms with Gasteiger partial charge in [0.2, 0.25) is 0 Å². The fraction of sp³-hybridized carbons (Fsp3) is 0.550. The molecule has 0 saturated carbocycles. The molecule has 7 heteroatoms. The fourth-order valence-electron chi connectivity index (χ4n) is 4.03. The first-order valence-corrected chi connectivity index (χ1v) is 9.66. The van der Waals surface area contributed by atoms with Gasteiger partial charge in [-0.05, 0) is 50.9 Å². The molecule has 1 fully saturated rings. The lowest BCUT2D eigenvalue weighted by molar-refractivity contribution is 0.0828. The lowest BCUT2D eigenvalue weighted by atomic mass is 9.85. The molecule has 0 radical (unpaired) electrons. The maximum atomic E-state index is 12.6. The van der Waals surface area contributed by atoms with Gasteiger partial charge in [0.25, 0.3) is 0 Å². The summed E-state index contributed by atoms with van der Waals surface area (Å²) in [6, 6.07) is 5.81. The second kappa shape index (κ2) is 8.52. The lowest BCUT2D eigenvalue weighted by Crippen LogP contribution is -2.44. The van der Waals surface area contributed by atoms with Gasteiger partial charge >= 0.3 is 6.03 Å². The number of hydrogen-bond donors (Lipinski definition) is 1. The molecule has 2 aromatic heterocycles. The number of hydrogen-bond acceptors (Lipinski definition) is 4. The standard InChI is InChI=1S/C20H30N6O/c1-5-26-11-7-9-16(19(26)17-12-21-25(4)14-17)13-24(3)20(27)23-18-10-6-8-15(2)22-18/h6,8,10,12,14,16,19H,5,7,9,11,13H2,1-4H3,(H,22,23,27)/t16-,19+/m0/s1. The molecule has 0 aromatic carbocycles. The summed E-state index contributed by atoms with van der Waals surface area (Å²) >= 11 is 0. The molecule has 27 heavy (non-hydrogen) atoms. The first kappa shape index (κ1) is 19.4. The van der Waals surface area contributed by atoms with E-state index in [9.17, 15) is 4.79 Å². The van der Waals surface area contributed by atoms with Crippen molar-refractivity contribution >= 4 is 11.8 Å². The van der Waals surface area contributed by atoms with E-state index >= 15 is 0 Å². The smallest absolute Gasteiger partial charge is 0.322 e. The number of nitrogens with zero attached hydrogens (tertiary/aromatic N) is 5. The number of carbonyl (C=O) groups is 1. The number of nitrogens with one attached hydrogen (secondary N) is 1. The Kier molecular flexibility index (Phi) is 6.11. The number of amides is 2. The third-order valence-electron chi connectivity index (χ3n) is 5.31. The summed E-state index contributed by atoms with van der Waals surface area (Å²) in [7, 11) is 3.81. The Morgan fingerprint density at radius 1 is 1.41 bits per heavy atom. The molecule has 146 valence electrons. The third-order valence-corrected chi connectivity index (χ3v) is 5.31. The minimum absolute atomic E-state index is 0.119. The van der Waals surface area contributed by atoms with E-state index in [1.807, 2.05) is 50.1 Å². The minimum Gasteiger partial charge on any atom is -0.327 e. The maximum absolute atomic E-state index is 12.6. The molecule has 1 aliphatic rings. The van der Waals surface area contributed by atoms with Gasteiger partial charge < -0.3 is 4.90 Å². The predicted molar refractivity (Wildman–Crippen MR) is 107 cm³/mol. The topological polar surface area (TPSA) is 66.3 Å². The summed E-state index contributed by atoms with van der Waals surface area (Å²) in [5, 5.41) is 7.26. The van der Waals surface area contributed by atoms with Crippen molar-refractivity contribution in [2.24, 2.45) is 13.0 Å². The number of anilines is 1. The van der Waals surface area contributed by atoms with Gasteiger partial charge in [-0.3, -0.25) is 14.9 Å². The van der Waals surface area contributed by atoms with Crippen LogP contribution in [-0.4, -0.2) is 57.3 Å². The van der Waals surface area contributed by atoms with Crippen LogP contribution < -0.4 is 5.32 Å². The van der Waals surface area contributed by atoms with Gasteiger partial charge in [0.05, 0.1) is 6.20 Å². The average Bonchev–Trinajstić information content (AvgIpc) is 3.07. The monoisotopic (exact) mass is 370 g/mol. The van der Waals surface area contributed by atoms with Gasteiger partial charge in [0.1, 0.15) is 5.82 Å². The third kappa shape index (κ3) is 4.66. The Bertz CT molecular complexity index is 773. The van der Waals surface area contributed by atoms with Crippen LogP contribution in [0.15, 0.2) is 30.6 Å². The molecule has 7 nitrogen and oxygen atoms in total. The highest BCUT2D eigenvalue weighted by molar-refractivity contribution is 5.88. The van der Waals surface area contributed by atoms with E-state index in [0.717, 1.165) is 31.6 Å². The zero-order chi connectivity index (χ0) is 19.4. The van der Waals surface area contributed by atoms with Gasteiger partial charge in [-0.2, -0.15) is 5.10 Å². The first-order chi connectivity index (χ1) is 13.0. The van der Waals surface area contributed by atoms with Crippen LogP contribution in [-0.2, 0) is 7.05 Å². The quantitative estimate of drug-likeness (QED) is 0.878. The van der Waals surface area contributed by atoms with Crippen molar-refractivity contribution in [3.05, 3.63) is 41.9 Å². The molecule has 3 rings (SSSR count). The van der Waals surface area contributed by atoms with Crippen LogP contribution in [0.1, 0.15) is 37.1 Å². The molecular weight excluding hydrogens is 340 g/mol. The van der Waals surface area contributed by atoms with E-state index in [4.69, 9.17) is 0 Å². The number of rotatable bonds is 5. The van der Waals surface area contributed by atoms with Crippen LogP contribution in [0.5, 0.6) is 0 Å². The fourth-order valence-corrected chi connectivity index (χ4v) is 4.03. The Balaban J connectivity index is 1.70. The summed E-state index contributed by atoms with van der Waals surface area (Å²) in [6.45, 7) is 6.91. The number of carbonyl (C=O) groups excluding carboxylic acids is 1. The Morgan fingerprint density at radius 3 is 2.89 bits per heavy atom. The minimum atomic E-state index is -0.119. The predicted octanol–water partition coefficient (Wildman–Crippen LogP) is 3.06. The van der Waals surface area contributed by atoms with Gasteiger partial charge in [0.15, 0.2) is 0 Å². The van der Waals surface area contributed by atoms with E-state index < -0.39 is 0 Å². The molecule has 2 aromatic rings. The molecule has 0 aliphatic carbocycles. The normalized spacial score (nSPS) is 20.4. The van der Waals surface area contributed by atoms with Crippen LogP contribution >= 0.6 is 0 Å². The van der Waals surface area contributed by atoms with Crippen molar-refractivity contribution in [3.63, 3.8) is 0 Å². The Hall–Kier alpha value is -2.41. The molecule has 1 aliphatic heterocycles. The maximum Gasteiger partial charge on any atom is 0.322 e. The molecule has 0 spiro atoms. The second-order valence-electron chi connectivity index (χ2n) is 7.40. The van der Waals surface area contributed by atoms with Crippen LogP contribution in [0.2, 0.25) is 0 Å². The van der Waals surface area contributed by atoms with Gasteiger partial charge in [-0.15, -0.1) is 0 Å². The summed E-state index contributed by atoms with van der Waals surface area (Å²) < 4.78 is 1.86. The van der Waals surface area contributed by atoms with E-state index in [2.05, 4.69) is 33.4 Å². The number of piperidine rings is 1. The molecule has 2 atom stereocenters. The summed E-state index contributed by atoms with van der Waals surface area (Å²) in [5.74, 6) is 0.971. The zero-order valence-corrected chi connectivity index (χ0v) is 16.7. The van der Waals surface area contributed by atoms with E-state index in [-0.39, 0.29) is 6.03 Å². The van der Waals surface area contributed by atoms with Crippen molar-refractivity contribution in [2.45, 2.75) is 32.7 Å². The van der Waals surface area contributed by atoms with Gasteiger partial charge in [0, 0.05) is 44.1 Å². The lowest BCUT2D eigenvalue weighted by Gasteiger charge is -2.41. The molecule has 2 amide bonds. The highest BCUT2D eigenvalue weighted by atomic mass is 16.2. The number of aromatic nitrogens is 3. The van der Waals surface area contributed by atoms with Gasteiger partial charge in [-0.1, -0.05) is 13.0 Å². The van der Waals surface area contributed by atoms with Crippen molar-refractivity contribution < 1.29 is 4.79 Å². The van der Waals surface area contributed by atoms with Crippen molar-refractivity contribution in [2.75, 3.05) is 32.0 Å². The highest BCUT2D eigenvalue weighted by Gasteiger charge is 2.34. The number of urea groups is 1. The molecule has 3 heterocycles. The van der Waals surface area contributed by atoms with Crippen LogP contribution in [0.4, 0.5) is 10.6 Å². The Labute approximate surface area is 161 Å². The van der Waals surface area contributed by atoms with Crippen molar-refractivity contribution in [3.8, 4) is 0 Å². The molecule has 0 bridgehead atoms. The van der Waals surface area contributed by atoms with Gasteiger partial charge in [-0.25, -0.2) is 9.78 Å². The van der Waals surface area contributed by atoms with E-state index in [1.165, 1.54) is 5.56 Å². The van der Waals surface area contributed by atoms with Crippen LogP contribution in [0.25, 0.3) is 0 Å². The van der Waals surface area contributed by atoms with Crippen molar-refractivity contribution in [1.29, 1.82) is 0 Å². The molecular formula is C20H30N6O. The van der Waals surface area contributed by atoms with Crippen molar-refractivity contribution in [1.82, 2.24) is 24.6 Å². The summed E-state index contributed by atoms with van der Waals surface area (Å²) in [6.07, 6.45) is 6.32. The first-order valence-electron chi connectivity index (χ1n) is 9.66. The SMILES string of the molecule is CCN1CCC[C@@H](CN(C)C(=O)Nc2cccc(C)n2)[C@@H]1c1cnn(C)c1. The average molecular weight is 371 g/mol. The van der Waals surface area contributed by atoms with E-state index in [1.54, 1.807) is 4.90 Å². The summed E-state index contributed by atoms with van der Waals surface area (Å²) in [4.78, 5) is 21.3. The van der Waals surface area contributed by atoms with E-state index in [0.29, 0.717) is 24.3 Å². The summed E-state index contributed by atoms with van der Waals surface area (Å²) in [5.41, 5.74) is 2.12. The number of aryl methyl sites for hydroxylation is 2. The number of pyridine rings is 1. The Morgan fingerprint density at radius 2 is 2.22 bits per heavy atom. The zero-order valence-electron chi connectivity index (χ0n) is 16.7. The van der Waals surface area contributed by atoms with Crippen LogP contribution in [0, 0.1) is 12.8 Å². The largest absolute Gasteiger partial charge is 0.327 e. The second-order valence-corrected chi connectivity index (χ2v) is 7.40. The molecule has 0 unspecified atom stereocenters. The van der Waals surface area contributed by atoms with Crippen LogP contribution in [0.3, 0.4) is 0 Å². The molecule has 1 N–H and O–H groups in total. The number of likely N-dealkylation sites (tertiary alicyclic amines) is 1. The highest BCUT2D eigenvalue weighted by Crippen LogP contribution is 2.36.